The second kappa shape index (κ2) is 6.39. The van der Waals surface area contributed by atoms with Gasteiger partial charge >= 0.3 is 0 Å². The van der Waals surface area contributed by atoms with Crippen LogP contribution in [0.1, 0.15) is 40.5 Å². The van der Waals surface area contributed by atoms with Crippen LogP contribution in [0.2, 0.25) is 0 Å². The van der Waals surface area contributed by atoms with Crippen molar-refractivity contribution >= 4 is 0 Å². The van der Waals surface area contributed by atoms with Crippen molar-refractivity contribution in [2.75, 3.05) is 19.6 Å². The molecule has 0 aliphatic carbocycles. The van der Waals surface area contributed by atoms with Crippen molar-refractivity contribution in [1.82, 2.24) is 5.32 Å². The van der Waals surface area contributed by atoms with Crippen molar-refractivity contribution in [3.63, 3.8) is 0 Å². The molecule has 0 fully saturated rings. The van der Waals surface area contributed by atoms with Crippen molar-refractivity contribution in [1.29, 1.82) is 0 Å². The largest absolute Gasteiger partial charge is 0.330 e. The Balaban J connectivity index is 3.18. The molecule has 0 heterocycles. The van der Waals surface area contributed by atoms with Crippen LogP contribution in [0.15, 0.2) is 0 Å². The molecule has 0 bridgehead atoms. The molecular formula is C11H26N2. The third-order valence-electron chi connectivity index (χ3n) is 2.27. The molecule has 0 aromatic heterocycles. The van der Waals surface area contributed by atoms with Gasteiger partial charge in [0.05, 0.1) is 0 Å². The van der Waals surface area contributed by atoms with Gasteiger partial charge in [-0.25, -0.2) is 0 Å². The van der Waals surface area contributed by atoms with Crippen molar-refractivity contribution in [2.24, 2.45) is 17.1 Å². The Kier molecular flexibility index (Phi) is 6.35. The fraction of sp³-hybridized carbons (Fsp3) is 1.00. The molecule has 0 rings (SSSR count). The molecule has 1 unspecified atom stereocenters. The van der Waals surface area contributed by atoms with E-state index in [9.17, 15) is 0 Å². The summed E-state index contributed by atoms with van der Waals surface area (Å²) in [5, 5.41) is 3.45. The van der Waals surface area contributed by atoms with Gasteiger partial charge in [0, 0.05) is 0 Å². The van der Waals surface area contributed by atoms with Gasteiger partial charge in [0.2, 0.25) is 0 Å². The van der Waals surface area contributed by atoms with Crippen LogP contribution in [0.3, 0.4) is 0 Å². The van der Waals surface area contributed by atoms with Crippen molar-refractivity contribution in [3.8, 4) is 0 Å². The Morgan fingerprint density at radius 3 is 2.31 bits per heavy atom. The molecule has 2 heteroatoms. The van der Waals surface area contributed by atoms with E-state index in [1.165, 1.54) is 12.8 Å². The maximum absolute atomic E-state index is 5.53. The lowest BCUT2D eigenvalue weighted by molar-refractivity contribution is 0.363. The molecule has 0 aromatic rings. The highest BCUT2D eigenvalue weighted by atomic mass is 14.8. The quantitative estimate of drug-likeness (QED) is 0.623. The lowest BCUT2D eigenvalue weighted by Gasteiger charge is -2.18. The Morgan fingerprint density at radius 1 is 1.23 bits per heavy atom. The zero-order valence-electron chi connectivity index (χ0n) is 9.69. The normalized spacial score (nSPS) is 14.5. The predicted molar refractivity (Wildman–Crippen MR) is 59.8 cm³/mol. The van der Waals surface area contributed by atoms with Gasteiger partial charge in [0.25, 0.3) is 0 Å². The third kappa shape index (κ3) is 9.84. The van der Waals surface area contributed by atoms with E-state index in [-0.39, 0.29) is 0 Å². The number of nitrogens with one attached hydrogen (secondary N) is 1. The van der Waals surface area contributed by atoms with E-state index in [1.54, 1.807) is 0 Å². The summed E-state index contributed by atoms with van der Waals surface area (Å²) in [5.41, 5.74) is 5.98. The van der Waals surface area contributed by atoms with Gasteiger partial charge < -0.3 is 11.1 Å². The van der Waals surface area contributed by atoms with Crippen LogP contribution in [0.5, 0.6) is 0 Å². The summed E-state index contributed by atoms with van der Waals surface area (Å²) in [4.78, 5) is 0. The van der Waals surface area contributed by atoms with Crippen LogP contribution in [0.4, 0.5) is 0 Å². The van der Waals surface area contributed by atoms with Crippen LogP contribution < -0.4 is 11.1 Å². The minimum absolute atomic E-state index is 0.451. The van der Waals surface area contributed by atoms with Crippen molar-refractivity contribution in [3.05, 3.63) is 0 Å². The van der Waals surface area contributed by atoms with Gasteiger partial charge in [-0.05, 0) is 43.8 Å². The van der Waals surface area contributed by atoms with E-state index in [2.05, 4.69) is 33.0 Å². The number of rotatable bonds is 6. The van der Waals surface area contributed by atoms with Crippen LogP contribution in [-0.4, -0.2) is 19.6 Å². The predicted octanol–water partition coefficient (Wildman–Crippen LogP) is 2.00. The average molecular weight is 186 g/mol. The molecule has 80 valence electrons. The fourth-order valence-corrected chi connectivity index (χ4v) is 1.05. The zero-order valence-corrected chi connectivity index (χ0v) is 9.69. The standard InChI is InChI=1S/C11H26N2/c1-10(9-12)5-7-13-8-6-11(2,3)4/h10,13H,5-9,12H2,1-4H3. The average Bonchev–Trinajstić information content (AvgIpc) is 2.01. The Labute approximate surface area is 83.3 Å². The van der Waals surface area contributed by atoms with E-state index >= 15 is 0 Å². The zero-order chi connectivity index (χ0) is 10.3. The lowest BCUT2D eigenvalue weighted by Crippen LogP contribution is -2.24. The molecule has 2 nitrogen and oxygen atoms in total. The van der Waals surface area contributed by atoms with Gasteiger partial charge in [-0.2, -0.15) is 0 Å². The van der Waals surface area contributed by atoms with Crippen molar-refractivity contribution < 1.29 is 0 Å². The highest BCUT2D eigenvalue weighted by Gasteiger charge is 2.08. The van der Waals surface area contributed by atoms with Gasteiger partial charge in [-0.1, -0.05) is 27.7 Å². The Bertz CT molecular complexity index is 116. The summed E-state index contributed by atoms with van der Waals surface area (Å²) in [6.45, 7) is 12.1. The maximum atomic E-state index is 5.53. The smallest absolute Gasteiger partial charge is 0.00439 e. The highest BCUT2D eigenvalue weighted by molar-refractivity contribution is 4.63. The minimum atomic E-state index is 0.451. The number of hydrogen-bond donors (Lipinski definition) is 2. The molecule has 0 saturated heterocycles. The third-order valence-corrected chi connectivity index (χ3v) is 2.27. The second-order valence-corrected chi connectivity index (χ2v) is 5.19. The highest BCUT2D eigenvalue weighted by Crippen LogP contribution is 2.16. The molecule has 13 heavy (non-hydrogen) atoms. The molecule has 0 aromatic carbocycles. The van der Waals surface area contributed by atoms with E-state index in [0.717, 1.165) is 19.6 Å². The molecular weight excluding hydrogens is 160 g/mol. The molecule has 0 amide bonds. The minimum Gasteiger partial charge on any atom is -0.330 e. The summed E-state index contributed by atoms with van der Waals surface area (Å²) >= 11 is 0. The van der Waals surface area contributed by atoms with Gasteiger partial charge in [-0.3, -0.25) is 0 Å². The Morgan fingerprint density at radius 2 is 1.85 bits per heavy atom. The first-order valence-corrected chi connectivity index (χ1v) is 5.36. The summed E-state index contributed by atoms with van der Waals surface area (Å²) in [5.74, 6) is 0.655. The molecule has 0 aliphatic heterocycles. The van der Waals surface area contributed by atoms with Gasteiger partial charge in [0.15, 0.2) is 0 Å². The van der Waals surface area contributed by atoms with Gasteiger partial charge in [-0.15, -0.1) is 0 Å². The molecule has 0 spiro atoms. The van der Waals surface area contributed by atoms with Crippen LogP contribution in [0.25, 0.3) is 0 Å². The number of hydrogen-bond acceptors (Lipinski definition) is 2. The summed E-state index contributed by atoms with van der Waals surface area (Å²) in [7, 11) is 0. The van der Waals surface area contributed by atoms with E-state index in [4.69, 9.17) is 5.73 Å². The van der Waals surface area contributed by atoms with Crippen LogP contribution in [-0.2, 0) is 0 Å². The molecule has 1 atom stereocenters. The summed E-state index contributed by atoms with van der Waals surface area (Å²) in [6.07, 6.45) is 2.44. The van der Waals surface area contributed by atoms with Crippen molar-refractivity contribution in [2.45, 2.75) is 40.5 Å². The van der Waals surface area contributed by atoms with E-state index in [0.29, 0.717) is 11.3 Å². The topological polar surface area (TPSA) is 38.0 Å². The first-order valence-electron chi connectivity index (χ1n) is 5.36. The summed E-state index contributed by atoms with van der Waals surface area (Å²) < 4.78 is 0. The SMILES string of the molecule is CC(CN)CCNCCC(C)(C)C. The van der Waals surface area contributed by atoms with Crippen LogP contribution in [0, 0.1) is 11.3 Å². The fourth-order valence-electron chi connectivity index (χ4n) is 1.05. The molecule has 0 radical (unpaired) electrons. The van der Waals surface area contributed by atoms with E-state index in [1.807, 2.05) is 0 Å². The first kappa shape index (κ1) is 12.9. The maximum Gasteiger partial charge on any atom is -0.00439 e. The lowest BCUT2D eigenvalue weighted by atomic mass is 9.92. The first-order chi connectivity index (χ1) is 5.95. The number of nitrogens with two attached hydrogens (primary N) is 1. The molecule has 0 aliphatic rings. The second-order valence-electron chi connectivity index (χ2n) is 5.19. The Hall–Kier alpha value is -0.0800. The molecule has 0 saturated carbocycles. The van der Waals surface area contributed by atoms with E-state index < -0.39 is 0 Å². The van der Waals surface area contributed by atoms with Crippen LogP contribution >= 0.6 is 0 Å². The van der Waals surface area contributed by atoms with Gasteiger partial charge in [0.1, 0.15) is 0 Å². The molecule has 3 N–H and O–H groups in total. The summed E-state index contributed by atoms with van der Waals surface area (Å²) in [6, 6.07) is 0. The monoisotopic (exact) mass is 186 g/mol.